The summed E-state index contributed by atoms with van der Waals surface area (Å²) in [5, 5.41) is 3.19. The highest BCUT2D eigenvalue weighted by molar-refractivity contribution is 6.32. The third-order valence-electron chi connectivity index (χ3n) is 4.70. The second-order valence-corrected chi connectivity index (χ2v) is 6.45. The lowest BCUT2D eigenvalue weighted by molar-refractivity contribution is -0.120. The van der Waals surface area contributed by atoms with E-state index in [4.69, 9.17) is 16.3 Å². The Hall–Kier alpha value is -1.21. The maximum Gasteiger partial charge on any atom is 0.241 e. The van der Waals surface area contributed by atoms with E-state index in [0.29, 0.717) is 16.9 Å². The van der Waals surface area contributed by atoms with E-state index in [-0.39, 0.29) is 11.9 Å². The first kappa shape index (κ1) is 16.6. The Morgan fingerprint density at radius 3 is 2.96 bits per heavy atom. The first-order valence-corrected chi connectivity index (χ1v) is 8.50. The highest BCUT2D eigenvalue weighted by Gasteiger charge is 2.33. The summed E-state index contributed by atoms with van der Waals surface area (Å²) in [6.07, 6.45) is 2.71. The topological polar surface area (TPSA) is 57.7 Å². The van der Waals surface area contributed by atoms with E-state index in [9.17, 15) is 4.79 Å². The zero-order valence-corrected chi connectivity index (χ0v) is 14.1. The molecule has 3 heterocycles. The number of halogens is 1. The second kappa shape index (κ2) is 7.57. The molecule has 0 unspecified atom stereocenters. The predicted molar refractivity (Wildman–Crippen MR) is 89.7 cm³/mol. The van der Waals surface area contributed by atoms with Crippen LogP contribution < -0.4 is 5.32 Å². The van der Waals surface area contributed by atoms with Crippen LogP contribution in [0.5, 0.6) is 0 Å². The van der Waals surface area contributed by atoms with Gasteiger partial charge in [0.2, 0.25) is 5.91 Å². The molecule has 2 aliphatic rings. The Bertz CT molecular complexity index is 551. The van der Waals surface area contributed by atoms with Crippen molar-refractivity contribution in [2.24, 2.45) is 0 Å². The average Bonchev–Trinajstić information content (AvgIpc) is 3.07. The molecule has 0 aliphatic carbocycles. The van der Waals surface area contributed by atoms with Gasteiger partial charge in [0.05, 0.1) is 24.9 Å². The van der Waals surface area contributed by atoms with Gasteiger partial charge in [-0.1, -0.05) is 11.6 Å². The zero-order valence-electron chi connectivity index (χ0n) is 13.4. The first-order chi connectivity index (χ1) is 11.1. The molecule has 7 heteroatoms. The minimum absolute atomic E-state index is 0.0393. The van der Waals surface area contributed by atoms with Crippen LogP contribution in [0.25, 0.3) is 0 Å². The number of aromatic nitrogens is 1. The van der Waals surface area contributed by atoms with E-state index in [1.807, 2.05) is 6.92 Å². The van der Waals surface area contributed by atoms with Crippen LogP contribution in [0.3, 0.4) is 0 Å². The molecule has 23 heavy (non-hydrogen) atoms. The molecule has 1 aromatic heterocycles. The molecule has 0 aromatic carbocycles. The number of anilines is 1. The Morgan fingerprint density at radius 1 is 1.43 bits per heavy atom. The van der Waals surface area contributed by atoms with Crippen LogP contribution in [0.1, 0.15) is 13.3 Å². The van der Waals surface area contributed by atoms with Crippen molar-refractivity contribution in [3.8, 4) is 0 Å². The number of amides is 1. The van der Waals surface area contributed by atoms with Crippen LogP contribution in [0.15, 0.2) is 18.3 Å². The number of carbonyl (C=O) groups is 1. The van der Waals surface area contributed by atoms with Crippen LogP contribution >= 0.6 is 11.6 Å². The van der Waals surface area contributed by atoms with Gasteiger partial charge in [0.1, 0.15) is 0 Å². The molecule has 0 saturated carbocycles. The summed E-state index contributed by atoms with van der Waals surface area (Å²) >= 11 is 6.00. The van der Waals surface area contributed by atoms with Gasteiger partial charge in [-0.2, -0.15) is 0 Å². The predicted octanol–water partition coefficient (Wildman–Crippen LogP) is 1.47. The van der Waals surface area contributed by atoms with Crippen LogP contribution in [0.2, 0.25) is 5.15 Å². The minimum Gasteiger partial charge on any atom is -0.379 e. The lowest BCUT2D eigenvalue weighted by Gasteiger charge is -2.32. The summed E-state index contributed by atoms with van der Waals surface area (Å²) in [5.74, 6) is -0.0393. The molecule has 6 nitrogen and oxygen atoms in total. The molecule has 126 valence electrons. The summed E-state index contributed by atoms with van der Waals surface area (Å²) in [6.45, 7) is 7.42. The van der Waals surface area contributed by atoms with Crippen molar-refractivity contribution in [2.45, 2.75) is 25.4 Å². The molecule has 1 N–H and O–H groups in total. The van der Waals surface area contributed by atoms with Gasteiger partial charge >= 0.3 is 0 Å². The number of nitrogens with zero attached hydrogens (tertiary/aromatic N) is 3. The smallest absolute Gasteiger partial charge is 0.241 e. The Kier molecular flexibility index (Phi) is 5.48. The summed E-state index contributed by atoms with van der Waals surface area (Å²) in [6, 6.07) is 3.87. The summed E-state index contributed by atoms with van der Waals surface area (Å²) in [5.41, 5.74) is 0.565. The fourth-order valence-corrected chi connectivity index (χ4v) is 3.41. The number of likely N-dealkylation sites (tertiary alicyclic amines) is 1. The zero-order chi connectivity index (χ0) is 16.2. The molecule has 2 atom stereocenters. The van der Waals surface area contributed by atoms with Crippen molar-refractivity contribution in [2.75, 3.05) is 44.7 Å². The van der Waals surface area contributed by atoms with E-state index in [1.165, 1.54) is 0 Å². The molecule has 2 aliphatic heterocycles. The lowest BCUT2D eigenvalue weighted by Crippen LogP contribution is -2.46. The Morgan fingerprint density at radius 2 is 2.22 bits per heavy atom. The lowest BCUT2D eigenvalue weighted by atomic mass is 10.2. The van der Waals surface area contributed by atoms with E-state index in [2.05, 4.69) is 20.1 Å². The van der Waals surface area contributed by atoms with Crippen molar-refractivity contribution in [1.29, 1.82) is 0 Å². The van der Waals surface area contributed by atoms with Crippen molar-refractivity contribution in [3.05, 3.63) is 23.5 Å². The van der Waals surface area contributed by atoms with Gasteiger partial charge in [-0.3, -0.25) is 14.6 Å². The molecule has 0 radical (unpaired) electrons. The molecule has 0 spiro atoms. The van der Waals surface area contributed by atoms with Gasteiger partial charge in [-0.05, 0) is 25.5 Å². The van der Waals surface area contributed by atoms with E-state index < -0.39 is 0 Å². The van der Waals surface area contributed by atoms with E-state index in [0.717, 1.165) is 45.8 Å². The number of hydrogen-bond donors (Lipinski definition) is 1. The molecule has 1 aromatic rings. The summed E-state index contributed by atoms with van der Waals surface area (Å²) < 4.78 is 5.41. The first-order valence-electron chi connectivity index (χ1n) is 8.12. The summed E-state index contributed by atoms with van der Waals surface area (Å²) in [4.78, 5) is 21.2. The fraction of sp³-hybridized carbons (Fsp3) is 0.625. The van der Waals surface area contributed by atoms with Gasteiger partial charge < -0.3 is 10.1 Å². The van der Waals surface area contributed by atoms with Crippen LogP contribution in [-0.4, -0.2) is 72.2 Å². The van der Waals surface area contributed by atoms with Crippen LogP contribution in [-0.2, 0) is 9.53 Å². The van der Waals surface area contributed by atoms with Crippen molar-refractivity contribution < 1.29 is 9.53 Å². The SMILES string of the molecule is C[C@@H](C(=O)Nc1cccnc1Cl)N1CC[C@H](N2CCOCC2)C1. The molecule has 3 rings (SSSR count). The van der Waals surface area contributed by atoms with Gasteiger partial charge in [-0.25, -0.2) is 4.98 Å². The van der Waals surface area contributed by atoms with Gasteiger partial charge in [0.15, 0.2) is 5.15 Å². The van der Waals surface area contributed by atoms with Gasteiger partial charge in [0.25, 0.3) is 0 Å². The number of nitrogens with one attached hydrogen (secondary N) is 1. The highest BCUT2D eigenvalue weighted by atomic mass is 35.5. The number of morpholine rings is 1. The standard InChI is InChI=1S/C16H23ClN4O2/c1-12(16(22)19-14-3-2-5-18-15(14)17)21-6-4-13(11-21)20-7-9-23-10-8-20/h2-3,5,12-13H,4,6-11H2,1H3,(H,19,22)/t12-,13-/m0/s1. The fourth-order valence-electron chi connectivity index (χ4n) is 3.24. The quantitative estimate of drug-likeness (QED) is 0.842. The van der Waals surface area contributed by atoms with Gasteiger partial charge in [0, 0.05) is 38.4 Å². The van der Waals surface area contributed by atoms with Crippen molar-refractivity contribution >= 4 is 23.2 Å². The normalized spacial score (nSPS) is 24.5. The third kappa shape index (κ3) is 4.01. The highest BCUT2D eigenvalue weighted by Crippen LogP contribution is 2.21. The molecular formula is C16H23ClN4O2. The van der Waals surface area contributed by atoms with E-state index >= 15 is 0 Å². The molecule has 2 saturated heterocycles. The summed E-state index contributed by atoms with van der Waals surface area (Å²) in [7, 11) is 0. The maximum absolute atomic E-state index is 12.5. The van der Waals surface area contributed by atoms with Crippen molar-refractivity contribution in [3.63, 3.8) is 0 Å². The largest absolute Gasteiger partial charge is 0.379 e. The molecule has 2 fully saturated rings. The van der Waals surface area contributed by atoms with Crippen molar-refractivity contribution in [1.82, 2.24) is 14.8 Å². The Labute approximate surface area is 141 Å². The Balaban J connectivity index is 1.55. The van der Waals surface area contributed by atoms with Crippen LogP contribution in [0, 0.1) is 0 Å². The van der Waals surface area contributed by atoms with Gasteiger partial charge in [-0.15, -0.1) is 0 Å². The second-order valence-electron chi connectivity index (χ2n) is 6.09. The molecule has 1 amide bonds. The number of hydrogen-bond acceptors (Lipinski definition) is 5. The number of rotatable bonds is 4. The molecule has 0 bridgehead atoms. The maximum atomic E-state index is 12.5. The monoisotopic (exact) mass is 338 g/mol. The van der Waals surface area contributed by atoms with E-state index in [1.54, 1.807) is 18.3 Å². The number of ether oxygens (including phenoxy) is 1. The number of carbonyl (C=O) groups excluding carboxylic acids is 1. The average molecular weight is 339 g/mol. The van der Waals surface area contributed by atoms with Crippen LogP contribution in [0.4, 0.5) is 5.69 Å². The molecular weight excluding hydrogens is 316 g/mol. The third-order valence-corrected chi connectivity index (χ3v) is 5.00. The minimum atomic E-state index is -0.183. The number of pyridine rings is 1.